The molecule has 7 aromatic rings. The Bertz CT molecular complexity index is 3900. The number of aryl methyl sites for hydroxylation is 1. The van der Waals surface area contributed by atoms with Crippen LogP contribution >= 0.6 is 0 Å². The van der Waals surface area contributed by atoms with Gasteiger partial charge in [-0.1, -0.05) is 227 Å². The van der Waals surface area contributed by atoms with Gasteiger partial charge in [-0.3, -0.25) is 0 Å². The molecule has 0 saturated carbocycles. The Morgan fingerprint density at radius 2 is 0.736 bits per heavy atom. The number of unbranched alkanes of at least 4 members (excludes halogenated alkanes) is 10. The molecule has 2 aliphatic rings. The van der Waals surface area contributed by atoms with Crippen LogP contribution in [0.1, 0.15) is 247 Å². The van der Waals surface area contributed by atoms with Gasteiger partial charge in [0.05, 0.1) is 37.0 Å². The number of methoxy groups -OCH3 is 2. The number of anilines is 1. The number of rotatable bonds is 19. The van der Waals surface area contributed by atoms with Gasteiger partial charge in [0.15, 0.2) is 0 Å². The molecule has 0 unspecified atom stereocenters. The summed E-state index contributed by atoms with van der Waals surface area (Å²) in [4.78, 5) is 25.1. The summed E-state index contributed by atoms with van der Waals surface area (Å²) < 4.78 is 12.7. The van der Waals surface area contributed by atoms with Crippen molar-refractivity contribution in [3.63, 3.8) is 0 Å². The number of hydrogen-bond acceptors (Lipinski definition) is 5. The minimum absolute atomic E-state index is 0. The van der Waals surface area contributed by atoms with E-state index in [9.17, 15) is 0 Å². The summed E-state index contributed by atoms with van der Waals surface area (Å²) in [5.41, 5.74) is 18.8. The summed E-state index contributed by atoms with van der Waals surface area (Å²) in [7, 11) is 3.58. The number of nitrogens with zero attached hydrogens (tertiary/aromatic N) is 5. The van der Waals surface area contributed by atoms with Crippen LogP contribution in [0, 0.1) is 30.6 Å². The number of ether oxygens (including phenoxy) is 2. The summed E-state index contributed by atoms with van der Waals surface area (Å²) in [5.74, 6) is 16.3. The van der Waals surface area contributed by atoms with Crippen LogP contribution in [0.3, 0.4) is 0 Å². The summed E-state index contributed by atoms with van der Waals surface area (Å²) in [5, 5.41) is 0. The summed E-state index contributed by atoms with van der Waals surface area (Å²) in [6.07, 6.45) is 23.8. The molecule has 8 heteroatoms. The van der Waals surface area contributed by atoms with E-state index in [1.807, 2.05) is 0 Å². The quantitative estimate of drug-likeness (QED) is 0.0454. The van der Waals surface area contributed by atoms with E-state index < -0.39 is 0 Å². The van der Waals surface area contributed by atoms with Crippen LogP contribution in [-0.4, -0.2) is 37.3 Å². The second-order valence-electron chi connectivity index (χ2n) is 29.0. The number of benzene rings is 4. The number of fused-ring (bicyclic) bond motifs is 8. The molecule has 0 radical (unpaired) electrons. The maximum absolute atomic E-state index is 6.34. The predicted octanol–water partition coefficient (Wildman–Crippen LogP) is 21.1. The fraction of sp³-hybridized carbons (Fsp3) is 0.422. The van der Waals surface area contributed by atoms with Crippen molar-refractivity contribution in [3.05, 3.63) is 170 Å². The molecule has 7 nitrogen and oxygen atoms in total. The van der Waals surface area contributed by atoms with Crippen molar-refractivity contribution in [2.75, 3.05) is 32.2 Å². The fourth-order valence-electron chi connectivity index (χ4n) is 12.3. The van der Waals surface area contributed by atoms with Gasteiger partial charge in [0.25, 0.3) is 0 Å². The first-order valence-electron chi connectivity index (χ1n) is 33.4. The van der Waals surface area contributed by atoms with Gasteiger partial charge in [-0.25, -0.2) is 9.97 Å². The summed E-state index contributed by atoms with van der Waals surface area (Å²) in [6, 6.07) is 34.9. The van der Waals surface area contributed by atoms with E-state index in [1.54, 1.807) is 14.2 Å². The average Bonchev–Trinajstić information content (AvgIpc) is 1.75. The van der Waals surface area contributed by atoms with Crippen LogP contribution in [0.5, 0.6) is 11.5 Å². The van der Waals surface area contributed by atoms with E-state index in [0.717, 1.165) is 125 Å². The van der Waals surface area contributed by atoms with E-state index in [2.05, 4.69) is 254 Å². The van der Waals surface area contributed by atoms with Gasteiger partial charge in [-0.2, -0.15) is 0 Å². The largest absolute Gasteiger partial charge is 2.00 e. The first kappa shape index (κ1) is 69.5. The maximum atomic E-state index is 6.34. The van der Waals surface area contributed by atoms with E-state index in [1.165, 1.54) is 88.3 Å². The second-order valence-corrected chi connectivity index (χ2v) is 29.0. The van der Waals surface area contributed by atoms with Crippen molar-refractivity contribution < 1.29 is 29.0 Å². The normalized spacial score (nSPS) is 12.3. The Hall–Kier alpha value is -7.38. The van der Waals surface area contributed by atoms with E-state index in [-0.39, 0.29) is 41.1 Å². The smallest absolute Gasteiger partial charge is 0.656 e. The molecule has 2 aliphatic heterocycles. The van der Waals surface area contributed by atoms with Crippen molar-refractivity contribution in [1.29, 1.82) is 0 Å². The topological polar surface area (TPSA) is 75.7 Å². The first-order chi connectivity index (χ1) is 42.9. The number of hydrogen-bond donors (Lipinski definition) is 0. The molecule has 8 bridgehead atoms. The molecule has 3 aromatic heterocycles. The zero-order valence-electron chi connectivity index (χ0n) is 58.2. The summed E-state index contributed by atoms with van der Waals surface area (Å²) >= 11 is 0. The fourth-order valence-corrected chi connectivity index (χ4v) is 12.3. The van der Waals surface area contributed by atoms with Crippen LogP contribution in [0.2, 0.25) is 0 Å². The zero-order valence-corrected chi connectivity index (χ0v) is 61.2. The van der Waals surface area contributed by atoms with Crippen LogP contribution in [0.15, 0.2) is 97.1 Å². The predicted molar refractivity (Wildman–Crippen MR) is 384 cm³/mol. The molecule has 470 valence electrons. The molecule has 0 N–H and O–H groups in total. The van der Waals surface area contributed by atoms with Crippen LogP contribution < -0.4 is 24.3 Å². The van der Waals surface area contributed by atoms with Crippen LogP contribution in [-0.2, 0) is 41.1 Å². The molecule has 9 rings (SSSR count). The van der Waals surface area contributed by atoms with Crippen LogP contribution in [0.4, 0.5) is 5.69 Å². The van der Waals surface area contributed by atoms with Gasteiger partial charge in [0.2, 0.25) is 0 Å². The Labute approximate surface area is 559 Å². The van der Waals surface area contributed by atoms with Crippen molar-refractivity contribution in [2.24, 2.45) is 0 Å². The van der Waals surface area contributed by atoms with Gasteiger partial charge in [0, 0.05) is 63.3 Å². The third-order valence-electron chi connectivity index (χ3n) is 17.5. The molecule has 4 aromatic carbocycles. The monoisotopic (exact) mass is 1260 g/mol. The molecule has 5 heterocycles. The van der Waals surface area contributed by atoms with Crippen molar-refractivity contribution in [3.8, 4) is 57.4 Å². The average molecular weight is 1260 g/mol. The Balaban J connectivity index is 0.0000107. The molecule has 0 spiro atoms. The van der Waals surface area contributed by atoms with Gasteiger partial charge in [-0.05, 0) is 149 Å². The molecule has 0 amide bonds. The van der Waals surface area contributed by atoms with Crippen molar-refractivity contribution in [2.45, 2.75) is 203 Å². The van der Waals surface area contributed by atoms with E-state index >= 15 is 0 Å². The van der Waals surface area contributed by atoms with Gasteiger partial charge in [-0.15, -0.1) is 22.1 Å². The molecule has 0 fully saturated rings. The van der Waals surface area contributed by atoms with Crippen molar-refractivity contribution >= 4 is 52.1 Å². The van der Waals surface area contributed by atoms with Crippen molar-refractivity contribution in [1.82, 2.24) is 19.9 Å². The minimum Gasteiger partial charge on any atom is -0.656 e. The third kappa shape index (κ3) is 16.8. The molecule has 91 heavy (non-hydrogen) atoms. The molecular weight excluding hydrogens is 1160 g/mol. The van der Waals surface area contributed by atoms with Gasteiger partial charge < -0.3 is 24.3 Å². The second kappa shape index (κ2) is 29.9. The summed E-state index contributed by atoms with van der Waals surface area (Å²) in [6.45, 7) is 35.8. The molecule has 0 atom stereocenters. The zero-order chi connectivity index (χ0) is 64.5. The molecular formula is C83H99N5O2Zn. The number of aromatic nitrogens is 4. The Morgan fingerprint density at radius 3 is 1.09 bits per heavy atom. The molecule has 0 aliphatic carbocycles. The maximum Gasteiger partial charge on any atom is 2.00 e. The molecule has 0 saturated heterocycles. The Morgan fingerprint density at radius 1 is 0.407 bits per heavy atom. The van der Waals surface area contributed by atoms with E-state index in [0.29, 0.717) is 11.2 Å². The Kier molecular flexibility index (Phi) is 22.9. The SMILES string of the molecule is CCCCCCCCN(CCCCCCCC)c1ccc(C#Cc2c3nc(c(-c4cc(C(C)(C)C)c(OC)c(C(C)(C)C)c4)c4ccc([n-]4)c(C#Cc4ccc(C)cc4)c4nc(c(-c5cc(C(C)(C)C)c(OC)c(C(C)(C)C)c5)c5ccc2[n-]5)C=C4)C=C3)cc1.[Zn+2]. The van der Waals surface area contributed by atoms with E-state index in [4.69, 9.17) is 29.4 Å². The van der Waals surface area contributed by atoms with Gasteiger partial charge >= 0.3 is 19.5 Å². The third-order valence-corrected chi connectivity index (χ3v) is 17.5. The van der Waals surface area contributed by atoms with Crippen LogP contribution in [0.25, 0.3) is 68.6 Å². The minimum atomic E-state index is -0.261. The van der Waals surface area contributed by atoms with Gasteiger partial charge in [0.1, 0.15) is 11.5 Å². The first-order valence-corrected chi connectivity index (χ1v) is 33.4. The standard InChI is InChI=1S/C83H99N5O2.Zn/c1-18-20-22-24-26-28-50-88(51-29-27-25-23-21-19-2)61-38-34-58(35-39-61)37-41-63-70-44-48-74(86-70)76(59-52-64(80(4,5)6)78(89-16)65(53-59)81(7,8)9)72-46-42-68(84-72)62(40-36-57-32-30-56(3)31-33-57)69-43-47-73(85-69)77(75-49-45-71(63)87-75)60-54-66(82(10,11)12)79(90-17)67(55-60)83(13,14)15;/h30-35,38-39,42-49,52-55H,18-29,50-51H2,1-17H3;/q-2;+2.